The van der Waals surface area contributed by atoms with Crippen molar-refractivity contribution in [2.24, 2.45) is 0 Å². The summed E-state index contributed by atoms with van der Waals surface area (Å²) < 4.78 is 7.46. The van der Waals surface area contributed by atoms with Gasteiger partial charge >= 0.3 is 0 Å². The van der Waals surface area contributed by atoms with Gasteiger partial charge in [-0.2, -0.15) is 0 Å². The van der Waals surface area contributed by atoms with Crippen LogP contribution in [0.3, 0.4) is 0 Å². The molecule has 12 rings (SSSR count). The Morgan fingerprint density at radius 1 is 0.361 bits per heavy atom. The monoisotopic (exact) mass is 817 g/mol. The maximum atomic E-state index is 6.33. The number of aromatic nitrogens is 2. The van der Waals surface area contributed by atoms with Crippen LogP contribution in [-0.4, -0.2) is 9.13 Å². The summed E-state index contributed by atoms with van der Waals surface area (Å²) in [5.74, 6) is 0. The molecule has 0 radical (unpaired) electrons. The second kappa shape index (κ2) is 14.4. The second-order valence-electron chi connectivity index (χ2n) is 15.5. The summed E-state index contributed by atoms with van der Waals surface area (Å²) in [6.45, 7) is 0. The van der Waals surface area contributed by atoms with Gasteiger partial charge in [0.2, 0.25) is 0 Å². The minimum atomic E-state index is 0.733. The lowest BCUT2D eigenvalue weighted by Crippen LogP contribution is -2.09. The molecule has 3 nitrogen and oxygen atoms in total. The molecule has 0 N–H and O–H groups in total. The summed E-state index contributed by atoms with van der Waals surface area (Å²) in [6, 6.07) is 78.7. The number of hydrogen-bond acceptors (Lipinski definition) is 2. The van der Waals surface area contributed by atoms with Crippen molar-refractivity contribution in [2.75, 3.05) is 4.90 Å². The summed E-state index contributed by atoms with van der Waals surface area (Å²) in [5, 5.41) is 6.96. The normalized spacial score (nSPS) is 11.7. The first-order valence-electron chi connectivity index (χ1n) is 20.5. The van der Waals surface area contributed by atoms with Crippen molar-refractivity contribution in [1.82, 2.24) is 9.13 Å². The number of benzene rings is 9. The lowest BCUT2D eigenvalue weighted by molar-refractivity contribution is 1.07. The first-order chi connectivity index (χ1) is 30.2. The largest absolute Gasteiger partial charge is 0.310 e. The first kappa shape index (κ1) is 35.6. The van der Waals surface area contributed by atoms with Crippen molar-refractivity contribution in [3.8, 4) is 33.6 Å². The smallest absolute Gasteiger partial charge is 0.131 e. The van der Waals surface area contributed by atoms with Crippen molar-refractivity contribution >= 4 is 93.0 Å². The standard InChI is InChI=1S/C56H36ClN3S/c57-41-27-23-37(24-28-41)39-26-32-51-50(34-39)55-49-30-25-40(35-52(49)60(44-18-8-3-9-19-44)56(55)59(51)43-16-6-2-7-17-43)38-13-12-20-45(33-38)58(42-14-4-1-5-15-42)46-29-31-48-47-21-10-11-22-53(47)61-54(48)36-46/h1-36H. The van der Waals surface area contributed by atoms with E-state index in [-0.39, 0.29) is 0 Å². The van der Waals surface area contributed by atoms with Gasteiger partial charge in [-0.25, -0.2) is 0 Å². The molecule has 5 heteroatoms. The van der Waals surface area contributed by atoms with Gasteiger partial charge in [-0.15, -0.1) is 11.3 Å². The Bertz CT molecular complexity index is 3590. The highest BCUT2D eigenvalue weighted by Crippen LogP contribution is 2.45. The number of para-hydroxylation sites is 3. The minimum Gasteiger partial charge on any atom is -0.310 e. The minimum absolute atomic E-state index is 0.733. The number of anilines is 3. The van der Waals surface area contributed by atoms with E-state index in [0.717, 1.165) is 72.4 Å². The second-order valence-corrected chi connectivity index (χ2v) is 17.0. The highest BCUT2D eigenvalue weighted by atomic mass is 35.5. The molecule has 9 aromatic carbocycles. The fourth-order valence-electron chi connectivity index (χ4n) is 9.18. The number of fused-ring (bicyclic) bond motifs is 8. The van der Waals surface area contributed by atoms with Crippen LogP contribution in [0.25, 0.3) is 86.6 Å². The number of nitrogens with zero attached hydrogens (tertiary/aromatic N) is 3. The van der Waals surface area contributed by atoms with E-state index in [0.29, 0.717) is 0 Å². The van der Waals surface area contributed by atoms with Gasteiger partial charge in [0.1, 0.15) is 5.65 Å². The third kappa shape index (κ3) is 5.95. The quantitative estimate of drug-likeness (QED) is 0.156. The Morgan fingerprint density at radius 2 is 0.934 bits per heavy atom. The molecule has 12 aromatic rings. The third-order valence-electron chi connectivity index (χ3n) is 11.9. The molecule has 0 amide bonds. The molecule has 3 aromatic heterocycles. The topological polar surface area (TPSA) is 13.1 Å². The molecular weight excluding hydrogens is 782 g/mol. The highest BCUT2D eigenvalue weighted by molar-refractivity contribution is 7.25. The van der Waals surface area contributed by atoms with E-state index in [9.17, 15) is 0 Å². The molecule has 0 bridgehead atoms. The van der Waals surface area contributed by atoms with Gasteiger partial charge in [0.15, 0.2) is 0 Å². The van der Waals surface area contributed by atoms with Crippen LogP contribution in [0, 0.1) is 0 Å². The maximum Gasteiger partial charge on any atom is 0.131 e. The van der Waals surface area contributed by atoms with Gasteiger partial charge in [0.05, 0.1) is 11.0 Å². The van der Waals surface area contributed by atoms with E-state index in [1.165, 1.54) is 36.3 Å². The summed E-state index contributed by atoms with van der Waals surface area (Å²) in [5.41, 5.74) is 13.6. The van der Waals surface area contributed by atoms with Gasteiger partial charge < -0.3 is 4.90 Å². The van der Waals surface area contributed by atoms with Crippen LogP contribution in [0.15, 0.2) is 218 Å². The Labute approximate surface area is 362 Å². The molecule has 61 heavy (non-hydrogen) atoms. The molecule has 0 aliphatic rings. The van der Waals surface area contributed by atoms with E-state index in [4.69, 9.17) is 11.6 Å². The fraction of sp³-hybridized carbons (Fsp3) is 0. The molecule has 0 saturated carbocycles. The average molecular weight is 818 g/mol. The van der Waals surface area contributed by atoms with Crippen LogP contribution < -0.4 is 4.90 Å². The molecule has 3 heterocycles. The van der Waals surface area contributed by atoms with Crippen molar-refractivity contribution in [1.29, 1.82) is 0 Å². The zero-order valence-electron chi connectivity index (χ0n) is 32.9. The summed E-state index contributed by atoms with van der Waals surface area (Å²) in [7, 11) is 0. The summed E-state index contributed by atoms with van der Waals surface area (Å²) in [4.78, 5) is 2.38. The van der Waals surface area contributed by atoms with Crippen LogP contribution in [0.4, 0.5) is 17.1 Å². The maximum absolute atomic E-state index is 6.33. The molecule has 0 fully saturated rings. The number of thiophene rings is 1. The van der Waals surface area contributed by atoms with E-state index < -0.39 is 0 Å². The fourth-order valence-corrected chi connectivity index (χ4v) is 10.4. The van der Waals surface area contributed by atoms with Crippen LogP contribution in [0.2, 0.25) is 5.02 Å². The molecule has 288 valence electrons. The Morgan fingerprint density at radius 3 is 1.70 bits per heavy atom. The highest BCUT2D eigenvalue weighted by Gasteiger charge is 2.24. The molecule has 0 atom stereocenters. The molecule has 0 aliphatic carbocycles. The molecule has 0 saturated heterocycles. The SMILES string of the molecule is Clc1ccc(-c2ccc3c(c2)c2c4ccc(-c5cccc(N(c6ccccc6)c6ccc7c(c6)sc6ccccc67)c5)cc4n(-c4ccccc4)c2n3-c2ccccc2)cc1. The van der Waals surface area contributed by atoms with E-state index in [1.54, 1.807) is 0 Å². The van der Waals surface area contributed by atoms with E-state index in [2.05, 4.69) is 220 Å². The van der Waals surface area contributed by atoms with Crippen molar-refractivity contribution in [3.63, 3.8) is 0 Å². The Kier molecular flexibility index (Phi) is 8.41. The Balaban J connectivity index is 1.07. The van der Waals surface area contributed by atoms with Crippen LogP contribution >= 0.6 is 22.9 Å². The lowest BCUT2D eigenvalue weighted by Gasteiger charge is -2.26. The summed E-state index contributed by atoms with van der Waals surface area (Å²) >= 11 is 8.18. The zero-order chi connectivity index (χ0) is 40.4. The van der Waals surface area contributed by atoms with Crippen molar-refractivity contribution in [3.05, 3.63) is 223 Å². The zero-order valence-corrected chi connectivity index (χ0v) is 34.5. The Hall–Kier alpha value is -7.37. The van der Waals surface area contributed by atoms with Gasteiger partial charge in [-0.1, -0.05) is 133 Å². The molecular formula is C56H36ClN3S. The van der Waals surface area contributed by atoms with Gasteiger partial charge in [0, 0.05) is 69.8 Å². The van der Waals surface area contributed by atoms with Gasteiger partial charge in [-0.05, 0) is 119 Å². The number of halogens is 1. The van der Waals surface area contributed by atoms with Gasteiger partial charge in [-0.3, -0.25) is 9.13 Å². The molecule has 0 aliphatic heterocycles. The van der Waals surface area contributed by atoms with Crippen molar-refractivity contribution in [2.45, 2.75) is 0 Å². The van der Waals surface area contributed by atoms with E-state index >= 15 is 0 Å². The van der Waals surface area contributed by atoms with E-state index in [1.807, 2.05) is 23.5 Å². The molecule has 0 unspecified atom stereocenters. The predicted octanol–water partition coefficient (Wildman–Crippen LogP) is 16.6. The van der Waals surface area contributed by atoms with Crippen LogP contribution in [0.1, 0.15) is 0 Å². The lowest BCUT2D eigenvalue weighted by atomic mass is 10.0. The molecule has 0 spiro atoms. The summed E-state index contributed by atoms with van der Waals surface area (Å²) in [6.07, 6.45) is 0. The van der Waals surface area contributed by atoms with Crippen molar-refractivity contribution < 1.29 is 0 Å². The van der Waals surface area contributed by atoms with Crippen LogP contribution in [0.5, 0.6) is 0 Å². The van der Waals surface area contributed by atoms with Crippen LogP contribution in [-0.2, 0) is 0 Å². The number of rotatable bonds is 7. The average Bonchev–Trinajstić information content (AvgIpc) is 3.97. The van der Waals surface area contributed by atoms with Gasteiger partial charge in [0.25, 0.3) is 0 Å². The number of hydrogen-bond donors (Lipinski definition) is 0. The predicted molar refractivity (Wildman–Crippen MR) is 261 cm³/mol. The first-order valence-corrected chi connectivity index (χ1v) is 21.7. The third-order valence-corrected chi connectivity index (χ3v) is 13.3.